The monoisotopic (exact) mass is 515 g/mol. The number of alkyl halides is 3. The third kappa shape index (κ3) is 5.61. The van der Waals surface area contributed by atoms with Gasteiger partial charge in [-0.3, -0.25) is 4.79 Å². The van der Waals surface area contributed by atoms with Crippen LogP contribution in [-0.4, -0.2) is 45.5 Å². The highest BCUT2D eigenvalue weighted by atomic mass is 19.4. The summed E-state index contributed by atoms with van der Waals surface area (Å²) in [6.45, 7) is 2.07. The van der Waals surface area contributed by atoms with Gasteiger partial charge in [-0.15, -0.1) is 0 Å². The molecule has 0 saturated heterocycles. The van der Waals surface area contributed by atoms with Crippen molar-refractivity contribution in [1.82, 2.24) is 25.3 Å². The van der Waals surface area contributed by atoms with Crippen molar-refractivity contribution in [3.63, 3.8) is 0 Å². The van der Waals surface area contributed by atoms with Crippen LogP contribution < -0.4 is 21.1 Å². The van der Waals surface area contributed by atoms with Crippen LogP contribution in [0.4, 0.5) is 19.1 Å². The van der Waals surface area contributed by atoms with Gasteiger partial charge in [0.05, 0.1) is 13.7 Å². The molecule has 1 amide bonds. The third-order valence-electron chi connectivity index (χ3n) is 5.56. The second-order valence-electron chi connectivity index (χ2n) is 7.93. The van der Waals surface area contributed by atoms with Crippen molar-refractivity contribution in [3.8, 4) is 17.2 Å². The van der Waals surface area contributed by atoms with E-state index in [-0.39, 0.29) is 47.7 Å². The van der Waals surface area contributed by atoms with Gasteiger partial charge in [-0.25, -0.2) is 19.9 Å². The SMILES string of the molecule is CC[C@@H](CNC(=O)c1nc(-c2ccc(OC)c3nc(C(F)(F)F)ccc23)oc1CN)Nc1ncccn1. The zero-order valence-electron chi connectivity index (χ0n) is 20.0. The fraction of sp³-hybridized carbons (Fsp3) is 0.292. The lowest BCUT2D eigenvalue weighted by molar-refractivity contribution is -0.140. The largest absolute Gasteiger partial charge is 0.494 e. The molecule has 0 spiro atoms. The molecule has 13 heteroatoms. The number of ether oxygens (including phenoxy) is 1. The normalized spacial score (nSPS) is 12.4. The molecule has 4 rings (SSSR count). The maximum absolute atomic E-state index is 13.2. The van der Waals surface area contributed by atoms with Gasteiger partial charge < -0.3 is 25.5 Å². The van der Waals surface area contributed by atoms with Crippen molar-refractivity contribution in [2.45, 2.75) is 32.1 Å². The van der Waals surface area contributed by atoms with Gasteiger partial charge in [-0.05, 0) is 36.8 Å². The Morgan fingerprint density at radius 3 is 2.57 bits per heavy atom. The number of carbonyl (C=O) groups is 1. The summed E-state index contributed by atoms with van der Waals surface area (Å²) in [6.07, 6.45) is -0.744. The average Bonchev–Trinajstić information content (AvgIpc) is 3.34. The van der Waals surface area contributed by atoms with Gasteiger partial charge in [0.15, 0.2) is 11.5 Å². The number of benzene rings is 1. The topological polar surface area (TPSA) is 141 Å². The van der Waals surface area contributed by atoms with Gasteiger partial charge in [0.2, 0.25) is 11.8 Å². The van der Waals surface area contributed by atoms with E-state index in [1.165, 1.54) is 19.2 Å². The average molecular weight is 515 g/mol. The zero-order chi connectivity index (χ0) is 26.6. The van der Waals surface area contributed by atoms with Crippen molar-refractivity contribution in [2.75, 3.05) is 19.0 Å². The van der Waals surface area contributed by atoms with E-state index in [4.69, 9.17) is 14.9 Å². The second-order valence-corrected chi connectivity index (χ2v) is 7.93. The van der Waals surface area contributed by atoms with Crippen LogP contribution in [0.5, 0.6) is 5.75 Å². The van der Waals surface area contributed by atoms with Crippen LogP contribution in [0.2, 0.25) is 0 Å². The standard InChI is InChI=1S/C24H24F3N7O3/c1-3-13(32-23-29-9-4-10-30-23)12-31-21(35)20-17(11-28)37-22(34-20)15-5-7-16(36-2)19-14(15)6-8-18(33-19)24(25,26)27/h4-10,13H,3,11-12,28H2,1-2H3,(H,31,35)(H,29,30,32)/t13-/m0/s1. The molecular weight excluding hydrogens is 491 g/mol. The quantitative estimate of drug-likeness (QED) is 0.304. The van der Waals surface area contributed by atoms with E-state index < -0.39 is 17.8 Å². The summed E-state index contributed by atoms with van der Waals surface area (Å²) in [5.41, 5.74) is 5.02. The predicted molar refractivity (Wildman–Crippen MR) is 129 cm³/mol. The fourth-order valence-electron chi connectivity index (χ4n) is 3.64. The van der Waals surface area contributed by atoms with Gasteiger partial charge in [-0.1, -0.05) is 6.92 Å². The van der Waals surface area contributed by atoms with E-state index in [0.717, 1.165) is 6.07 Å². The molecule has 194 valence electrons. The number of hydrogen-bond acceptors (Lipinski definition) is 9. The van der Waals surface area contributed by atoms with Crippen LogP contribution in [-0.2, 0) is 12.7 Å². The number of nitrogens with one attached hydrogen (secondary N) is 2. The van der Waals surface area contributed by atoms with Gasteiger partial charge >= 0.3 is 6.18 Å². The molecule has 1 atom stereocenters. The van der Waals surface area contributed by atoms with Crippen molar-refractivity contribution in [3.05, 3.63) is 59.9 Å². The van der Waals surface area contributed by atoms with Crippen LogP contribution in [0.1, 0.15) is 35.3 Å². The van der Waals surface area contributed by atoms with E-state index in [1.54, 1.807) is 24.5 Å². The molecule has 10 nitrogen and oxygen atoms in total. The van der Waals surface area contributed by atoms with E-state index in [9.17, 15) is 18.0 Å². The summed E-state index contributed by atoms with van der Waals surface area (Å²) in [6, 6.07) is 6.69. The number of amides is 1. The number of fused-ring (bicyclic) bond motifs is 1. The first-order chi connectivity index (χ1) is 17.7. The Morgan fingerprint density at radius 2 is 1.92 bits per heavy atom. The minimum absolute atomic E-state index is 0.0164. The lowest BCUT2D eigenvalue weighted by Gasteiger charge is -2.17. The molecule has 3 aromatic heterocycles. The number of aromatic nitrogens is 4. The Balaban J connectivity index is 1.61. The Kier molecular flexibility index (Phi) is 7.53. The number of rotatable bonds is 9. The van der Waals surface area contributed by atoms with Crippen LogP contribution in [0.3, 0.4) is 0 Å². The summed E-state index contributed by atoms with van der Waals surface area (Å²) >= 11 is 0. The number of nitrogens with zero attached hydrogens (tertiary/aromatic N) is 4. The van der Waals surface area contributed by atoms with Crippen LogP contribution in [0.25, 0.3) is 22.4 Å². The molecule has 0 aliphatic rings. The van der Waals surface area contributed by atoms with Crippen LogP contribution in [0.15, 0.2) is 47.1 Å². The number of hydrogen-bond donors (Lipinski definition) is 3. The second kappa shape index (κ2) is 10.8. The first kappa shape index (κ1) is 25.8. The van der Waals surface area contributed by atoms with Gasteiger partial charge in [0, 0.05) is 35.9 Å². The number of carbonyl (C=O) groups excluding carboxylic acids is 1. The highest BCUT2D eigenvalue weighted by molar-refractivity contribution is 5.98. The zero-order valence-corrected chi connectivity index (χ0v) is 20.0. The predicted octanol–water partition coefficient (Wildman–Crippen LogP) is 3.79. The maximum atomic E-state index is 13.2. The number of nitrogens with two attached hydrogens (primary N) is 1. The highest BCUT2D eigenvalue weighted by Crippen LogP contribution is 2.36. The number of anilines is 1. The number of halogens is 3. The Morgan fingerprint density at radius 1 is 1.16 bits per heavy atom. The summed E-state index contributed by atoms with van der Waals surface area (Å²) in [7, 11) is 1.33. The molecule has 0 radical (unpaired) electrons. The molecule has 3 heterocycles. The van der Waals surface area contributed by atoms with E-state index in [0.29, 0.717) is 23.3 Å². The molecule has 0 saturated carbocycles. The lowest BCUT2D eigenvalue weighted by Crippen LogP contribution is -2.37. The van der Waals surface area contributed by atoms with Gasteiger partial charge in [0.1, 0.15) is 17.0 Å². The molecule has 4 aromatic rings. The summed E-state index contributed by atoms with van der Waals surface area (Å²) in [5, 5.41) is 6.24. The van der Waals surface area contributed by atoms with Gasteiger partial charge in [0.25, 0.3) is 5.91 Å². The maximum Gasteiger partial charge on any atom is 0.433 e. The summed E-state index contributed by atoms with van der Waals surface area (Å²) < 4.78 is 50.7. The van der Waals surface area contributed by atoms with Crippen LogP contribution in [0, 0.1) is 0 Å². The Labute approximate surface area is 209 Å². The van der Waals surface area contributed by atoms with E-state index in [1.807, 2.05) is 6.92 Å². The summed E-state index contributed by atoms with van der Waals surface area (Å²) in [4.78, 5) is 29.3. The molecule has 0 bridgehead atoms. The fourth-order valence-corrected chi connectivity index (χ4v) is 3.64. The minimum atomic E-state index is -4.63. The third-order valence-corrected chi connectivity index (χ3v) is 5.56. The van der Waals surface area contributed by atoms with Crippen molar-refractivity contribution in [2.24, 2.45) is 5.73 Å². The minimum Gasteiger partial charge on any atom is -0.494 e. The first-order valence-electron chi connectivity index (χ1n) is 11.3. The number of methoxy groups -OCH3 is 1. The van der Waals surface area contributed by atoms with E-state index >= 15 is 0 Å². The number of oxazole rings is 1. The van der Waals surface area contributed by atoms with Crippen molar-refractivity contribution >= 4 is 22.8 Å². The molecule has 0 fully saturated rings. The first-order valence-corrected chi connectivity index (χ1v) is 11.3. The van der Waals surface area contributed by atoms with E-state index in [2.05, 4.69) is 30.6 Å². The molecule has 0 unspecified atom stereocenters. The Bertz CT molecular complexity index is 1390. The molecular formula is C24H24F3N7O3. The number of pyridine rings is 1. The lowest BCUT2D eigenvalue weighted by atomic mass is 10.1. The van der Waals surface area contributed by atoms with Crippen molar-refractivity contribution < 1.29 is 27.1 Å². The van der Waals surface area contributed by atoms with Crippen LogP contribution >= 0.6 is 0 Å². The molecule has 0 aliphatic carbocycles. The van der Waals surface area contributed by atoms with Gasteiger partial charge in [-0.2, -0.15) is 13.2 Å². The summed E-state index contributed by atoms with van der Waals surface area (Å²) in [5.74, 6) is 0.212. The Hall–Kier alpha value is -4.26. The molecule has 4 N–H and O–H groups in total. The van der Waals surface area contributed by atoms with Crippen molar-refractivity contribution in [1.29, 1.82) is 0 Å². The molecule has 37 heavy (non-hydrogen) atoms. The smallest absolute Gasteiger partial charge is 0.433 e. The highest BCUT2D eigenvalue weighted by Gasteiger charge is 2.33. The molecule has 1 aromatic carbocycles. The molecule has 0 aliphatic heterocycles.